The van der Waals surface area contributed by atoms with Crippen LogP contribution in [0.15, 0.2) is 30.6 Å². The molecule has 0 aliphatic rings. The summed E-state index contributed by atoms with van der Waals surface area (Å²) in [4.78, 5) is 0. The van der Waals surface area contributed by atoms with Crippen LogP contribution < -0.4 is 5.73 Å². The number of rotatable bonds is 2. The number of hydrogen-bond donors (Lipinski definition) is 1. The molecule has 0 aliphatic heterocycles. The summed E-state index contributed by atoms with van der Waals surface area (Å²) in [6.45, 7) is 2.26. The van der Waals surface area contributed by atoms with E-state index in [4.69, 9.17) is 5.73 Å². The first-order valence-corrected chi connectivity index (χ1v) is 5.33. The van der Waals surface area contributed by atoms with Crippen molar-refractivity contribution in [1.82, 2.24) is 9.78 Å². The largest absolute Gasteiger partial charge is 0.419 e. The molecular weight excluding hydrogens is 243 g/mol. The Morgan fingerprint density at radius 3 is 2.56 bits per heavy atom. The third-order valence-corrected chi connectivity index (χ3v) is 2.72. The van der Waals surface area contributed by atoms with E-state index in [1.165, 1.54) is 4.68 Å². The zero-order valence-electron chi connectivity index (χ0n) is 9.70. The van der Waals surface area contributed by atoms with Crippen LogP contribution in [-0.4, -0.2) is 9.78 Å². The minimum absolute atomic E-state index is 0.402. The molecule has 0 unspecified atom stereocenters. The molecule has 1 heterocycles. The molecule has 0 amide bonds. The van der Waals surface area contributed by atoms with Crippen LogP contribution in [0, 0.1) is 6.92 Å². The van der Waals surface area contributed by atoms with Gasteiger partial charge in [-0.25, -0.2) is 4.68 Å². The van der Waals surface area contributed by atoms with Gasteiger partial charge in [0, 0.05) is 12.7 Å². The van der Waals surface area contributed by atoms with Gasteiger partial charge in [-0.2, -0.15) is 18.3 Å². The Morgan fingerprint density at radius 2 is 2.06 bits per heavy atom. The Morgan fingerprint density at radius 1 is 1.33 bits per heavy atom. The van der Waals surface area contributed by atoms with Crippen molar-refractivity contribution in [1.29, 1.82) is 0 Å². The molecule has 0 atom stereocenters. The summed E-state index contributed by atoms with van der Waals surface area (Å²) in [5.41, 5.74) is 7.24. The summed E-state index contributed by atoms with van der Waals surface area (Å²) >= 11 is 0. The maximum atomic E-state index is 12.4. The monoisotopic (exact) mass is 255 g/mol. The van der Waals surface area contributed by atoms with Crippen LogP contribution in [0.5, 0.6) is 0 Å². The Hall–Kier alpha value is -1.82. The average molecular weight is 255 g/mol. The first-order valence-electron chi connectivity index (χ1n) is 5.33. The summed E-state index contributed by atoms with van der Waals surface area (Å²) in [7, 11) is 0. The standard InChI is InChI=1S/C12H12F3N3/c1-8-4-11(3-2-9(8)5-16)18-7-10(6-17-18)12(13,14)15/h2-4,6-7H,5,16H2,1H3. The Bertz CT molecular complexity index is 558. The molecule has 6 heteroatoms. The lowest BCUT2D eigenvalue weighted by molar-refractivity contribution is -0.137. The predicted octanol–water partition coefficient (Wildman–Crippen LogP) is 2.66. The molecule has 0 saturated heterocycles. The minimum Gasteiger partial charge on any atom is -0.326 e. The molecule has 18 heavy (non-hydrogen) atoms. The Labute approximate surface area is 102 Å². The van der Waals surface area contributed by atoms with Gasteiger partial charge < -0.3 is 5.73 Å². The zero-order valence-corrected chi connectivity index (χ0v) is 9.70. The third kappa shape index (κ3) is 2.38. The number of halogens is 3. The highest BCUT2D eigenvalue weighted by Crippen LogP contribution is 2.29. The fourth-order valence-corrected chi connectivity index (χ4v) is 1.66. The van der Waals surface area contributed by atoms with Crippen molar-refractivity contribution < 1.29 is 13.2 Å². The smallest absolute Gasteiger partial charge is 0.326 e. The van der Waals surface area contributed by atoms with Crippen LogP contribution in [0.25, 0.3) is 5.69 Å². The van der Waals surface area contributed by atoms with Crippen molar-refractivity contribution in [2.75, 3.05) is 0 Å². The Kier molecular flexibility index (Phi) is 3.13. The normalized spacial score (nSPS) is 11.8. The molecule has 2 aromatic rings. The van der Waals surface area contributed by atoms with E-state index in [-0.39, 0.29) is 0 Å². The molecule has 0 spiro atoms. The molecule has 3 nitrogen and oxygen atoms in total. The summed E-state index contributed by atoms with van der Waals surface area (Å²) in [5.74, 6) is 0. The Balaban J connectivity index is 2.38. The van der Waals surface area contributed by atoms with Crippen molar-refractivity contribution in [3.05, 3.63) is 47.3 Å². The van der Waals surface area contributed by atoms with E-state index < -0.39 is 11.7 Å². The molecule has 0 bridgehead atoms. The summed E-state index contributed by atoms with van der Waals surface area (Å²) in [6.07, 6.45) is -2.59. The molecule has 0 saturated carbocycles. The lowest BCUT2D eigenvalue weighted by Gasteiger charge is -2.07. The van der Waals surface area contributed by atoms with E-state index >= 15 is 0 Å². The van der Waals surface area contributed by atoms with Crippen LogP contribution in [0.2, 0.25) is 0 Å². The SMILES string of the molecule is Cc1cc(-n2cc(C(F)(F)F)cn2)ccc1CN. The van der Waals surface area contributed by atoms with Crippen molar-refractivity contribution in [2.45, 2.75) is 19.6 Å². The van der Waals surface area contributed by atoms with E-state index in [9.17, 15) is 13.2 Å². The van der Waals surface area contributed by atoms with Crippen LogP contribution in [0.4, 0.5) is 13.2 Å². The van der Waals surface area contributed by atoms with Gasteiger partial charge in [0.15, 0.2) is 0 Å². The molecule has 0 radical (unpaired) electrons. The predicted molar refractivity (Wildman–Crippen MR) is 61.2 cm³/mol. The highest BCUT2D eigenvalue weighted by Gasteiger charge is 2.32. The number of aromatic nitrogens is 2. The van der Waals surface area contributed by atoms with Crippen molar-refractivity contribution in [3.63, 3.8) is 0 Å². The van der Waals surface area contributed by atoms with Gasteiger partial charge in [-0.15, -0.1) is 0 Å². The van der Waals surface area contributed by atoms with E-state index in [2.05, 4.69) is 5.10 Å². The first kappa shape index (κ1) is 12.6. The van der Waals surface area contributed by atoms with Gasteiger partial charge in [0.25, 0.3) is 0 Å². The van der Waals surface area contributed by atoms with Crippen LogP contribution >= 0.6 is 0 Å². The minimum atomic E-state index is -4.37. The highest BCUT2D eigenvalue weighted by atomic mass is 19.4. The highest BCUT2D eigenvalue weighted by molar-refractivity contribution is 5.40. The van der Waals surface area contributed by atoms with Crippen molar-refractivity contribution in [3.8, 4) is 5.69 Å². The second kappa shape index (κ2) is 4.45. The molecule has 1 aromatic heterocycles. The molecule has 96 valence electrons. The lowest BCUT2D eigenvalue weighted by atomic mass is 10.1. The second-order valence-corrected chi connectivity index (χ2v) is 3.99. The van der Waals surface area contributed by atoms with Gasteiger partial charge in [-0.3, -0.25) is 0 Å². The summed E-state index contributed by atoms with van der Waals surface area (Å²) < 4.78 is 38.5. The van der Waals surface area contributed by atoms with Crippen LogP contribution in [0.1, 0.15) is 16.7 Å². The average Bonchev–Trinajstić information content (AvgIpc) is 2.77. The number of aryl methyl sites for hydroxylation is 1. The zero-order chi connectivity index (χ0) is 13.3. The third-order valence-electron chi connectivity index (χ3n) is 2.72. The van der Waals surface area contributed by atoms with Gasteiger partial charge in [-0.05, 0) is 30.2 Å². The maximum Gasteiger partial charge on any atom is 0.419 e. The van der Waals surface area contributed by atoms with Gasteiger partial charge in [0.05, 0.1) is 17.4 Å². The molecule has 1 aromatic carbocycles. The fourth-order valence-electron chi connectivity index (χ4n) is 1.66. The van der Waals surface area contributed by atoms with Gasteiger partial charge >= 0.3 is 6.18 Å². The molecule has 2 rings (SSSR count). The number of nitrogens with zero attached hydrogens (tertiary/aromatic N) is 2. The number of benzene rings is 1. The maximum absolute atomic E-state index is 12.4. The number of alkyl halides is 3. The summed E-state index contributed by atoms with van der Waals surface area (Å²) in [5, 5.41) is 3.71. The summed E-state index contributed by atoms with van der Waals surface area (Å²) in [6, 6.07) is 5.25. The fraction of sp³-hybridized carbons (Fsp3) is 0.250. The van der Waals surface area contributed by atoms with Crippen LogP contribution in [-0.2, 0) is 12.7 Å². The molecule has 0 fully saturated rings. The lowest BCUT2D eigenvalue weighted by Crippen LogP contribution is -2.03. The van der Waals surface area contributed by atoms with Crippen LogP contribution in [0.3, 0.4) is 0 Å². The first-order chi connectivity index (χ1) is 8.41. The number of nitrogens with two attached hydrogens (primary N) is 1. The quantitative estimate of drug-likeness (QED) is 0.896. The molecule has 0 aliphatic carbocycles. The topological polar surface area (TPSA) is 43.8 Å². The van der Waals surface area contributed by atoms with Gasteiger partial charge in [0.1, 0.15) is 0 Å². The van der Waals surface area contributed by atoms with Crippen molar-refractivity contribution in [2.24, 2.45) is 5.73 Å². The van der Waals surface area contributed by atoms with E-state index in [0.29, 0.717) is 12.2 Å². The van der Waals surface area contributed by atoms with E-state index in [1.807, 2.05) is 6.92 Å². The molecule has 2 N–H and O–H groups in total. The van der Waals surface area contributed by atoms with E-state index in [0.717, 1.165) is 23.5 Å². The second-order valence-electron chi connectivity index (χ2n) is 3.99. The van der Waals surface area contributed by atoms with Crippen molar-refractivity contribution >= 4 is 0 Å². The molecular formula is C12H12F3N3. The van der Waals surface area contributed by atoms with E-state index in [1.54, 1.807) is 18.2 Å². The number of hydrogen-bond acceptors (Lipinski definition) is 2. The van der Waals surface area contributed by atoms with Gasteiger partial charge in [-0.1, -0.05) is 6.07 Å². The van der Waals surface area contributed by atoms with Gasteiger partial charge in [0.2, 0.25) is 0 Å².